The van der Waals surface area contributed by atoms with Crippen molar-refractivity contribution in [2.24, 2.45) is 11.8 Å². The zero-order valence-corrected chi connectivity index (χ0v) is 11.8. The molecule has 0 aromatic heterocycles. The smallest absolute Gasteiger partial charge is 0.224 e. The summed E-state index contributed by atoms with van der Waals surface area (Å²) < 4.78 is 5.46. The number of Topliss-reactive ketones (excluding diaryl/α,β-unsaturated/α-hetero) is 2. The first-order chi connectivity index (χ1) is 8.74. The third-order valence-electron chi connectivity index (χ3n) is 4.08. The van der Waals surface area contributed by atoms with Gasteiger partial charge < -0.3 is 9.84 Å². The van der Waals surface area contributed by atoms with Gasteiger partial charge in [-0.05, 0) is 25.7 Å². The number of fused-ring (bicyclic) bond motifs is 1. The van der Waals surface area contributed by atoms with E-state index < -0.39 is 11.4 Å². The minimum absolute atomic E-state index is 0.117. The molecule has 19 heavy (non-hydrogen) atoms. The van der Waals surface area contributed by atoms with Gasteiger partial charge in [0.15, 0.2) is 0 Å². The summed E-state index contributed by atoms with van der Waals surface area (Å²) in [5.74, 6) is -0.779. The van der Waals surface area contributed by atoms with E-state index in [2.05, 4.69) is 6.58 Å². The van der Waals surface area contributed by atoms with Gasteiger partial charge in [-0.1, -0.05) is 20.4 Å². The van der Waals surface area contributed by atoms with E-state index in [1.807, 2.05) is 13.8 Å². The molecule has 0 aromatic rings. The number of ketones is 2. The summed E-state index contributed by atoms with van der Waals surface area (Å²) in [4.78, 5) is 23.8. The quantitative estimate of drug-likeness (QED) is 0.467. The van der Waals surface area contributed by atoms with E-state index in [0.717, 1.165) is 0 Å². The average Bonchev–Trinajstić information content (AvgIpc) is 3.07. The van der Waals surface area contributed by atoms with Crippen LogP contribution in [0.5, 0.6) is 0 Å². The molecule has 1 aliphatic heterocycles. The third kappa shape index (κ3) is 2.79. The number of carbonyl (C=O) groups is 2. The van der Waals surface area contributed by atoms with Crippen LogP contribution in [0.25, 0.3) is 0 Å². The van der Waals surface area contributed by atoms with Gasteiger partial charge in [0.1, 0.15) is 6.10 Å². The number of ether oxygens (including phenoxy) is 1. The first-order valence-electron chi connectivity index (χ1n) is 6.88. The summed E-state index contributed by atoms with van der Waals surface area (Å²) in [5, 5.41) is 10.0. The van der Waals surface area contributed by atoms with E-state index in [0.29, 0.717) is 18.4 Å². The molecule has 1 saturated carbocycles. The van der Waals surface area contributed by atoms with Crippen molar-refractivity contribution in [3.63, 3.8) is 0 Å². The third-order valence-corrected chi connectivity index (χ3v) is 4.08. The van der Waals surface area contributed by atoms with Crippen LogP contribution in [0.2, 0.25) is 0 Å². The number of epoxide rings is 1. The Bertz CT molecular complexity index is 422. The Morgan fingerprint density at radius 2 is 2.11 bits per heavy atom. The van der Waals surface area contributed by atoms with Crippen molar-refractivity contribution in [3.05, 3.63) is 12.2 Å². The lowest BCUT2D eigenvalue weighted by atomic mass is 9.75. The monoisotopic (exact) mass is 266 g/mol. The van der Waals surface area contributed by atoms with Crippen LogP contribution < -0.4 is 0 Å². The lowest BCUT2D eigenvalue weighted by Crippen LogP contribution is -2.40. The molecule has 0 bridgehead atoms. The predicted octanol–water partition coefficient (Wildman–Crippen LogP) is 1.66. The molecule has 4 heteroatoms. The molecule has 0 amide bonds. The number of rotatable bonds is 5. The van der Waals surface area contributed by atoms with Crippen molar-refractivity contribution in [1.82, 2.24) is 0 Å². The molecule has 1 heterocycles. The lowest BCUT2D eigenvalue weighted by Gasteiger charge is -2.29. The molecule has 1 saturated heterocycles. The Kier molecular flexibility index (Phi) is 3.67. The second-order valence-electron chi connectivity index (χ2n) is 6.40. The maximum Gasteiger partial charge on any atom is 0.224 e. The van der Waals surface area contributed by atoms with Crippen molar-refractivity contribution >= 4 is 11.6 Å². The van der Waals surface area contributed by atoms with Crippen molar-refractivity contribution in [1.29, 1.82) is 0 Å². The topological polar surface area (TPSA) is 66.9 Å². The van der Waals surface area contributed by atoms with Gasteiger partial charge in [0.25, 0.3) is 0 Å². The maximum atomic E-state index is 12.0. The molecule has 4 atom stereocenters. The van der Waals surface area contributed by atoms with Crippen LogP contribution >= 0.6 is 0 Å². The summed E-state index contributed by atoms with van der Waals surface area (Å²) >= 11 is 0. The van der Waals surface area contributed by atoms with Gasteiger partial charge in [0.05, 0.1) is 11.7 Å². The second kappa shape index (κ2) is 4.84. The fraction of sp³-hybridized carbons (Fsp3) is 0.733. The SMILES string of the molecule is C=C(C(=O)C(=O)CC(C)C)C1CCC(C)(O)C2OC12. The first-order valence-corrected chi connectivity index (χ1v) is 6.88. The lowest BCUT2D eigenvalue weighted by molar-refractivity contribution is -0.135. The van der Waals surface area contributed by atoms with Crippen molar-refractivity contribution in [2.45, 2.75) is 57.8 Å². The largest absolute Gasteiger partial charge is 0.387 e. The Balaban J connectivity index is 1.98. The number of hydrogen-bond acceptors (Lipinski definition) is 4. The molecule has 4 nitrogen and oxygen atoms in total. The van der Waals surface area contributed by atoms with E-state index in [9.17, 15) is 14.7 Å². The molecule has 2 rings (SSSR count). The fourth-order valence-corrected chi connectivity index (χ4v) is 2.87. The van der Waals surface area contributed by atoms with E-state index >= 15 is 0 Å². The van der Waals surface area contributed by atoms with Crippen LogP contribution in [0.1, 0.15) is 40.0 Å². The molecule has 0 radical (unpaired) electrons. The summed E-state index contributed by atoms with van der Waals surface area (Å²) in [6.45, 7) is 9.37. The molecule has 1 aliphatic carbocycles. The first kappa shape index (κ1) is 14.4. The number of hydrogen-bond donors (Lipinski definition) is 1. The van der Waals surface area contributed by atoms with Crippen LogP contribution in [-0.4, -0.2) is 34.5 Å². The molecular formula is C15H22O4. The second-order valence-corrected chi connectivity index (χ2v) is 6.40. The van der Waals surface area contributed by atoms with E-state index in [4.69, 9.17) is 4.74 Å². The van der Waals surface area contributed by atoms with Crippen molar-refractivity contribution < 1.29 is 19.4 Å². The predicted molar refractivity (Wildman–Crippen MR) is 70.6 cm³/mol. The Labute approximate surface area is 113 Å². The van der Waals surface area contributed by atoms with Crippen LogP contribution in [0.3, 0.4) is 0 Å². The van der Waals surface area contributed by atoms with E-state index in [-0.39, 0.29) is 36.2 Å². The van der Waals surface area contributed by atoms with Crippen LogP contribution in [0.15, 0.2) is 12.2 Å². The minimum Gasteiger partial charge on any atom is -0.387 e. The highest BCUT2D eigenvalue weighted by Gasteiger charge is 2.59. The molecule has 0 spiro atoms. The van der Waals surface area contributed by atoms with Gasteiger partial charge in [-0.3, -0.25) is 9.59 Å². The van der Waals surface area contributed by atoms with Crippen molar-refractivity contribution in [3.8, 4) is 0 Å². The maximum absolute atomic E-state index is 12.0. The highest BCUT2D eigenvalue weighted by molar-refractivity contribution is 6.43. The highest BCUT2D eigenvalue weighted by atomic mass is 16.6. The Morgan fingerprint density at radius 3 is 2.68 bits per heavy atom. The van der Waals surface area contributed by atoms with Crippen LogP contribution in [0, 0.1) is 11.8 Å². The van der Waals surface area contributed by atoms with E-state index in [1.165, 1.54) is 0 Å². The van der Waals surface area contributed by atoms with Crippen LogP contribution in [0.4, 0.5) is 0 Å². The van der Waals surface area contributed by atoms with Gasteiger partial charge in [-0.15, -0.1) is 0 Å². The highest BCUT2D eigenvalue weighted by Crippen LogP contribution is 2.48. The zero-order chi connectivity index (χ0) is 14.4. The summed E-state index contributed by atoms with van der Waals surface area (Å²) in [6, 6.07) is 0. The zero-order valence-electron chi connectivity index (χ0n) is 11.8. The minimum atomic E-state index is -0.813. The molecule has 2 fully saturated rings. The number of carbonyl (C=O) groups excluding carboxylic acids is 2. The standard InChI is InChI=1S/C15H22O4/c1-8(2)7-11(16)12(17)9(3)10-5-6-15(4,18)14-13(10)19-14/h8,10,13-14,18H,3,5-7H2,1-2,4H3. The molecule has 0 aromatic carbocycles. The van der Waals surface area contributed by atoms with Gasteiger partial charge in [-0.2, -0.15) is 0 Å². The van der Waals surface area contributed by atoms with Gasteiger partial charge in [0.2, 0.25) is 11.6 Å². The normalized spacial score (nSPS) is 36.8. The van der Waals surface area contributed by atoms with Gasteiger partial charge >= 0.3 is 0 Å². The van der Waals surface area contributed by atoms with E-state index in [1.54, 1.807) is 6.92 Å². The molecule has 4 unspecified atom stereocenters. The Hall–Kier alpha value is -1.00. The van der Waals surface area contributed by atoms with Gasteiger partial charge in [0, 0.05) is 17.9 Å². The molecule has 1 N–H and O–H groups in total. The molecule has 2 aliphatic rings. The summed E-state index contributed by atoms with van der Waals surface area (Å²) in [5.41, 5.74) is -0.458. The summed E-state index contributed by atoms with van der Waals surface area (Å²) in [6.07, 6.45) is 1.12. The molecule has 106 valence electrons. The van der Waals surface area contributed by atoms with Crippen molar-refractivity contribution in [2.75, 3.05) is 0 Å². The fourth-order valence-electron chi connectivity index (χ4n) is 2.87. The van der Waals surface area contributed by atoms with Gasteiger partial charge in [-0.25, -0.2) is 0 Å². The number of aliphatic hydroxyl groups is 1. The molecular weight excluding hydrogens is 244 g/mol. The average molecular weight is 266 g/mol. The summed E-state index contributed by atoms with van der Waals surface area (Å²) in [7, 11) is 0. The Morgan fingerprint density at radius 1 is 1.47 bits per heavy atom. The van der Waals surface area contributed by atoms with Crippen LogP contribution in [-0.2, 0) is 14.3 Å².